The maximum Gasteiger partial charge on any atom is 0.255 e. The fourth-order valence-electron chi connectivity index (χ4n) is 1.99. The van der Waals surface area contributed by atoms with Gasteiger partial charge in [0.2, 0.25) is 0 Å². The molecule has 1 aliphatic heterocycles. The predicted octanol–water partition coefficient (Wildman–Crippen LogP) is 1.69. The van der Waals surface area contributed by atoms with E-state index in [1.165, 1.54) is 6.07 Å². The minimum Gasteiger partial charge on any atom is -0.507 e. The van der Waals surface area contributed by atoms with Gasteiger partial charge in [0.1, 0.15) is 11.4 Å². The fraction of sp³-hybridized carbons (Fsp3) is 0.462. The summed E-state index contributed by atoms with van der Waals surface area (Å²) in [6, 6.07) is 4.73. The Kier molecular flexibility index (Phi) is 4.44. The molecule has 0 spiro atoms. The van der Waals surface area contributed by atoms with E-state index in [9.17, 15) is 9.90 Å². The van der Waals surface area contributed by atoms with Crippen molar-refractivity contribution in [3.8, 4) is 5.75 Å². The molecule has 1 atom stereocenters. The summed E-state index contributed by atoms with van der Waals surface area (Å²) in [7, 11) is 1.61. The zero-order valence-electron chi connectivity index (χ0n) is 10.6. The molecule has 1 aliphatic rings. The second kappa shape index (κ2) is 5.90. The van der Waals surface area contributed by atoms with Crippen molar-refractivity contribution in [2.75, 3.05) is 26.9 Å². The van der Waals surface area contributed by atoms with E-state index in [-0.39, 0.29) is 17.2 Å². The zero-order chi connectivity index (χ0) is 13.9. The number of phenolic OH excluding ortho intramolecular Hbond substituents is 1. The van der Waals surface area contributed by atoms with Gasteiger partial charge in [0.05, 0.1) is 12.2 Å². The fourth-order valence-corrected chi connectivity index (χ4v) is 2.35. The van der Waals surface area contributed by atoms with Gasteiger partial charge in [0.15, 0.2) is 0 Å². The van der Waals surface area contributed by atoms with Crippen LogP contribution in [0.1, 0.15) is 16.8 Å². The molecular weight excluding hydrogens is 314 g/mol. The Labute approximate surface area is 120 Å². The lowest BCUT2D eigenvalue weighted by Gasteiger charge is -2.25. The first kappa shape index (κ1) is 14.3. The third kappa shape index (κ3) is 3.26. The summed E-state index contributed by atoms with van der Waals surface area (Å²) in [5, 5.41) is 12.5. The molecule has 6 heteroatoms. The summed E-state index contributed by atoms with van der Waals surface area (Å²) in [5.74, 6) is -0.378. The van der Waals surface area contributed by atoms with Crippen molar-refractivity contribution in [3.05, 3.63) is 28.2 Å². The van der Waals surface area contributed by atoms with Gasteiger partial charge in [-0.05, 0) is 18.2 Å². The number of phenols is 1. The normalized spacial score (nSPS) is 22.4. The molecule has 19 heavy (non-hydrogen) atoms. The lowest BCUT2D eigenvalue weighted by atomic mass is 10.0. The van der Waals surface area contributed by atoms with Crippen molar-refractivity contribution >= 4 is 21.8 Å². The van der Waals surface area contributed by atoms with Crippen LogP contribution in [-0.4, -0.2) is 43.5 Å². The van der Waals surface area contributed by atoms with E-state index < -0.39 is 5.60 Å². The highest BCUT2D eigenvalue weighted by molar-refractivity contribution is 9.10. The van der Waals surface area contributed by atoms with Gasteiger partial charge in [-0.25, -0.2) is 0 Å². The van der Waals surface area contributed by atoms with E-state index in [0.717, 1.165) is 10.9 Å². The van der Waals surface area contributed by atoms with E-state index in [2.05, 4.69) is 21.2 Å². The Bertz CT molecular complexity index is 472. The number of methoxy groups -OCH3 is 1. The Morgan fingerprint density at radius 2 is 2.42 bits per heavy atom. The summed E-state index contributed by atoms with van der Waals surface area (Å²) >= 11 is 3.27. The minimum atomic E-state index is -0.461. The molecule has 1 saturated heterocycles. The minimum absolute atomic E-state index is 0.0464. The van der Waals surface area contributed by atoms with Crippen LogP contribution in [0, 0.1) is 0 Å². The highest BCUT2D eigenvalue weighted by Gasteiger charge is 2.35. The average molecular weight is 330 g/mol. The number of aromatic hydroxyl groups is 1. The third-order valence-electron chi connectivity index (χ3n) is 3.27. The second-order valence-electron chi connectivity index (χ2n) is 4.53. The number of carbonyl (C=O) groups is 1. The van der Waals surface area contributed by atoms with E-state index >= 15 is 0 Å². The van der Waals surface area contributed by atoms with Crippen LogP contribution in [0.4, 0.5) is 0 Å². The third-order valence-corrected chi connectivity index (χ3v) is 3.77. The van der Waals surface area contributed by atoms with Crippen LogP contribution >= 0.6 is 15.9 Å². The topological polar surface area (TPSA) is 67.8 Å². The summed E-state index contributed by atoms with van der Waals surface area (Å²) in [6.45, 7) is 1.45. The van der Waals surface area contributed by atoms with Crippen molar-refractivity contribution in [2.45, 2.75) is 12.0 Å². The van der Waals surface area contributed by atoms with Gasteiger partial charge in [-0.1, -0.05) is 15.9 Å². The number of amides is 1. The first-order valence-electron chi connectivity index (χ1n) is 5.96. The van der Waals surface area contributed by atoms with Crippen LogP contribution in [0.2, 0.25) is 0 Å². The van der Waals surface area contributed by atoms with Crippen molar-refractivity contribution in [1.29, 1.82) is 0 Å². The number of halogens is 1. The van der Waals surface area contributed by atoms with E-state index in [4.69, 9.17) is 9.47 Å². The molecule has 1 aromatic carbocycles. The predicted molar refractivity (Wildman–Crippen MR) is 73.3 cm³/mol. The van der Waals surface area contributed by atoms with E-state index in [1.54, 1.807) is 19.2 Å². The number of ether oxygens (including phenoxy) is 2. The molecule has 2 N–H and O–H groups in total. The average Bonchev–Trinajstić information content (AvgIpc) is 2.88. The molecule has 0 saturated carbocycles. The number of hydrogen-bond donors (Lipinski definition) is 2. The molecule has 1 heterocycles. The number of nitrogens with one attached hydrogen (secondary N) is 1. The molecule has 1 amide bonds. The Morgan fingerprint density at radius 1 is 1.63 bits per heavy atom. The van der Waals surface area contributed by atoms with Gasteiger partial charge in [0, 0.05) is 31.2 Å². The monoisotopic (exact) mass is 329 g/mol. The zero-order valence-corrected chi connectivity index (χ0v) is 12.2. The molecule has 1 aromatic rings. The van der Waals surface area contributed by atoms with Crippen LogP contribution < -0.4 is 5.32 Å². The highest BCUT2D eigenvalue weighted by atomic mass is 79.9. The molecule has 1 unspecified atom stereocenters. The van der Waals surface area contributed by atoms with Crippen LogP contribution in [0.5, 0.6) is 5.75 Å². The molecule has 1 fully saturated rings. The van der Waals surface area contributed by atoms with Crippen LogP contribution in [0.3, 0.4) is 0 Å². The summed E-state index contributed by atoms with van der Waals surface area (Å²) < 4.78 is 11.5. The van der Waals surface area contributed by atoms with Crippen molar-refractivity contribution in [3.63, 3.8) is 0 Å². The van der Waals surface area contributed by atoms with Gasteiger partial charge in [0.25, 0.3) is 5.91 Å². The molecule has 0 radical (unpaired) electrons. The van der Waals surface area contributed by atoms with E-state index in [0.29, 0.717) is 19.8 Å². The van der Waals surface area contributed by atoms with Crippen LogP contribution in [0.15, 0.2) is 22.7 Å². The van der Waals surface area contributed by atoms with Crippen LogP contribution in [-0.2, 0) is 9.47 Å². The lowest BCUT2D eigenvalue weighted by Crippen LogP contribution is -2.45. The largest absolute Gasteiger partial charge is 0.507 e. The number of rotatable bonds is 4. The summed E-state index contributed by atoms with van der Waals surface area (Å²) in [6.07, 6.45) is 0.744. The van der Waals surface area contributed by atoms with Gasteiger partial charge in [-0.15, -0.1) is 0 Å². The second-order valence-corrected chi connectivity index (χ2v) is 5.45. The van der Waals surface area contributed by atoms with Crippen molar-refractivity contribution in [2.24, 2.45) is 0 Å². The molecular formula is C13H16BrNO4. The number of benzene rings is 1. The SMILES string of the molecule is COC1(CNC(=O)c2cc(Br)ccc2O)CCOC1. The van der Waals surface area contributed by atoms with E-state index in [1.807, 2.05) is 0 Å². The van der Waals surface area contributed by atoms with Crippen LogP contribution in [0.25, 0.3) is 0 Å². The molecule has 0 bridgehead atoms. The Morgan fingerprint density at radius 3 is 3.05 bits per heavy atom. The summed E-state index contributed by atoms with van der Waals surface area (Å²) in [5.41, 5.74) is -0.225. The molecule has 0 aromatic heterocycles. The summed E-state index contributed by atoms with van der Waals surface area (Å²) in [4.78, 5) is 12.0. The Balaban J connectivity index is 2.03. The molecule has 104 valence electrons. The lowest BCUT2D eigenvalue weighted by molar-refractivity contribution is -0.0148. The quantitative estimate of drug-likeness (QED) is 0.882. The van der Waals surface area contributed by atoms with Gasteiger partial charge in [-0.3, -0.25) is 4.79 Å². The van der Waals surface area contributed by atoms with Gasteiger partial charge >= 0.3 is 0 Å². The van der Waals surface area contributed by atoms with Gasteiger partial charge < -0.3 is 19.9 Å². The maximum absolute atomic E-state index is 12.0. The maximum atomic E-state index is 12.0. The Hall–Kier alpha value is -1.11. The first-order chi connectivity index (χ1) is 9.06. The standard InChI is InChI=1S/C13H16BrNO4/c1-18-13(4-5-19-8-13)7-15-12(17)10-6-9(14)2-3-11(10)16/h2-3,6,16H,4-5,7-8H2,1H3,(H,15,17). The molecule has 5 nitrogen and oxygen atoms in total. The van der Waals surface area contributed by atoms with Crippen molar-refractivity contribution in [1.82, 2.24) is 5.32 Å². The highest BCUT2D eigenvalue weighted by Crippen LogP contribution is 2.24. The van der Waals surface area contributed by atoms with Gasteiger partial charge in [-0.2, -0.15) is 0 Å². The number of hydrogen-bond acceptors (Lipinski definition) is 4. The van der Waals surface area contributed by atoms with Crippen molar-refractivity contribution < 1.29 is 19.4 Å². The first-order valence-corrected chi connectivity index (χ1v) is 6.75. The smallest absolute Gasteiger partial charge is 0.255 e. The molecule has 0 aliphatic carbocycles. The molecule has 2 rings (SSSR count). The number of carbonyl (C=O) groups excluding carboxylic acids is 1.